The van der Waals surface area contributed by atoms with Crippen LogP contribution in [0.1, 0.15) is 22.3 Å². The molecule has 0 bridgehead atoms. The van der Waals surface area contributed by atoms with E-state index < -0.39 is 11.7 Å². The maximum absolute atomic E-state index is 13.8. The number of para-hydroxylation sites is 1. The number of fused-ring (bicyclic) bond motifs is 1. The zero-order valence-electron chi connectivity index (χ0n) is 19.2. The number of hydrogen-bond donors (Lipinski definition) is 1. The third-order valence-electron chi connectivity index (χ3n) is 6.06. The van der Waals surface area contributed by atoms with Crippen molar-refractivity contribution in [1.29, 1.82) is 0 Å². The molecular formula is C30H22F4N2. The Morgan fingerprint density at radius 2 is 1.50 bits per heavy atom. The van der Waals surface area contributed by atoms with Gasteiger partial charge in [-0.05, 0) is 64.6 Å². The third kappa shape index (κ3) is 5.08. The fourth-order valence-electron chi connectivity index (χ4n) is 4.42. The molecule has 1 N–H and O–H groups in total. The number of nitrogens with one attached hydrogen (secondary N) is 1. The minimum absolute atomic E-state index is 0.0741. The average Bonchev–Trinajstić information content (AvgIpc) is 2.87. The van der Waals surface area contributed by atoms with E-state index in [2.05, 4.69) is 10.3 Å². The van der Waals surface area contributed by atoms with Gasteiger partial charge in [0.15, 0.2) is 0 Å². The van der Waals surface area contributed by atoms with Crippen LogP contribution >= 0.6 is 0 Å². The number of rotatable bonds is 6. The van der Waals surface area contributed by atoms with Gasteiger partial charge in [0.1, 0.15) is 5.82 Å². The number of halogens is 4. The molecule has 2 nitrogen and oxygen atoms in total. The Balaban J connectivity index is 1.61. The monoisotopic (exact) mass is 486 g/mol. The minimum atomic E-state index is -4.51. The van der Waals surface area contributed by atoms with Crippen molar-refractivity contribution < 1.29 is 17.6 Å². The van der Waals surface area contributed by atoms with Crippen molar-refractivity contribution in [3.05, 3.63) is 131 Å². The Morgan fingerprint density at radius 3 is 2.28 bits per heavy atom. The quantitative estimate of drug-likeness (QED) is 0.244. The molecule has 0 atom stereocenters. The SMILES string of the molecule is Fc1cccc(CNc2cccc(-c3c(Cc4ccccc4)cnc4c(C(F)(F)F)cccc34)c2)c1. The van der Waals surface area contributed by atoms with Crippen molar-refractivity contribution >= 4 is 16.6 Å². The van der Waals surface area contributed by atoms with Crippen molar-refractivity contribution in [3.63, 3.8) is 0 Å². The summed E-state index contributed by atoms with van der Waals surface area (Å²) in [5, 5.41) is 3.73. The fraction of sp³-hybridized carbons (Fsp3) is 0.100. The lowest BCUT2D eigenvalue weighted by Gasteiger charge is -2.17. The van der Waals surface area contributed by atoms with Gasteiger partial charge in [-0.25, -0.2) is 4.39 Å². The summed E-state index contributed by atoms with van der Waals surface area (Å²) in [6.07, 6.45) is -2.44. The number of alkyl halides is 3. The average molecular weight is 487 g/mol. The lowest BCUT2D eigenvalue weighted by Crippen LogP contribution is -2.07. The summed E-state index contributed by atoms with van der Waals surface area (Å²) in [5.74, 6) is -0.308. The Hall–Kier alpha value is -4.19. The molecule has 180 valence electrons. The van der Waals surface area contributed by atoms with Gasteiger partial charge in [-0.3, -0.25) is 4.98 Å². The van der Waals surface area contributed by atoms with Crippen molar-refractivity contribution in [2.24, 2.45) is 0 Å². The molecule has 0 unspecified atom stereocenters. The van der Waals surface area contributed by atoms with Gasteiger partial charge in [0.25, 0.3) is 0 Å². The zero-order chi connectivity index (χ0) is 25.1. The molecular weight excluding hydrogens is 464 g/mol. The molecule has 1 heterocycles. The molecule has 0 fully saturated rings. The first-order chi connectivity index (χ1) is 17.4. The standard InChI is InChI=1S/C30H22F4N2/c31-24-11-4-9-21(16-24)18-35-25-12-5-10-22(17-25)28-23(15-20-7-2-1-3-8-20)19-36-29-26(28)13-6-14-27(29)30(32,33)34/h1-14,16-17,19,35H,15,18H2. The first-order valence-corrected chi connectivity index (χ1v) is 11.5. The second-order valence-corrected chi connectivity index (χ2v) is 8.58. The molecule has 0 aliphatic rings. The third-order valence-corrected chi connectivity index (χ3v) is 6.06. The zero-order valence-corrected chi connectivity index (χ0v) is 19.2. The number of pyridine rings is 1. The van der Waals surface area contributed by atoms with Gasteiger partial charge in [0, 0.05) is 23.8 Å². The lowest BCUT2D eigenvalue weighted by atomic mass is 9.91. The maximum atomic E-state index is 13.8. The van der Waals surface area contributed by atoms with Gasteiger partial charge in [-0.1, -0.05) is 66.7 Å². The van der Waals surface area contributed by atoms with Gasteiger partial charge in [0.2, 0.25) is 0 Å². The first-order valence-electron chi connectivity index (χ1n) is 11.5. The molecule has 0 amide bonds. The summed E-state index contributed by atoms with van der Waals surface area (Å²) >= 11 is 0. The predicted molar refractivity (Wildman–Crippen MR) is 135 cm³/mol. The number of hydrogen-bond acceptors (Lipinski definition) is 2. The van der Waals surface area contributed by atoms with Crippen LogP contribution in [0.2, 0.25) is 0 Å². The summed E-state index contributed by atoms with van der Waals surface area (Å²) in [6.45, 7) is 0.410. The Labute approximate surface area is 206 Å². The molecule has 1 aromatic heterocycles. The van der Waals surface area contributed by atoms with Gasteiger partial charge >= 0.3 is 6.18 Å². The van der Waals surface area contributed by atoms with Crippen LogP contribution in [0.5, 0.6) is 0 Å². The molecule has 4 aromatic carbocycles. The maximum Gasteiger partial charge on any atom is 0.418 e. The highest BCUT2D eigenvalue weighted by Gasteiger charge is 2.33. The Morgan fingerprint density at radius 1 is 0.750 bits per heavy atom. The van der Waals surface area contributed by atoms with Crippen LogP contribution in [0, 0.1) is 5.82 Å². The van der Waals surface area contributed by atoms with E-state index in [9.17, 15) is 17.6 Å². The molecule has 0 saturated carbocycles. The highest BCUT2D eigenvalue weighted by molar-refractivity contribution is 5.98. The molecule has 0 aliphatic carbocycles. The van der Waals surface area contributed by atoms with E-state index in [1.807, 2.05) is 60.7 Å². The van der Waals surface area contributed by atoms with Crippen molar-refractivity contribution in [2.75, 3.05) is 5.32 Å². The van der Waals surface area contributed by atoms with Crippen LogP contribution in [-0.2, 0) is 19.1 Å². The molecule has 36 heavy (non-hydrogen) atoms. The molecule has 5 aromatic rings. The van der Waals surface area contributed by atoms with Crippen LogP contribution in [0.15, 0.2) is 103 Å². The smallest absolute Gasteiger partial charge is 0.381 e. The van der Waals surface area contributed by atoms with Crippen LogP contribution < -0.4 is 5.32 Å². The van der Waals surface area contributed by atoms with Gasteiger partial charge in [-0.2, -0.15) is 13.2 Å². The summed E-state index contributed by atoms with van der Waals surface area (Å²) in [7, 11) is 0. The van der Waals surface area contributed by atoms with Gasteiger partial charge < -0.3 is 5.32 Å². The predicted octanol–water partition coefficient (Wildman–Crippen LogP) is 8.26. The molecule has 6 heteroatoms. The second-order valence-electron chi connectivity index (χ2n) is 8.58. The van der Waals surface area contributed by atoms with Gasteiger partial charge in [0.05, 0.1) is 11.1 Å². The highest BCUT2D eigenvalue weighted by Crippen LogP contribution is 2.39. The summed E-state index contributed by atoms with van der Waals surface area (Å²) in [5.41, 5.74) is 4.08. The van der Waals surface area contributed by atoms with E-state index >= 15 is 0 Å². The van der Waals surface area contributed by atoms with Gasteiger partial charge in [-0.15, -0.1) is 0 Å². The van der Waals surface area contributed by atoms with E-state index in [0.29, 0.717) is 23.9 Å². The molecule has 5 rings (SSSR count). The minimum Gasteiger partial charge on any atom is -0.381 e. The van der Waals surface area contributed by atoms with Crippen LogP contribution in [0.4, 0.5) is 23.2 Å². The van der Waals surface area contributed by atoms with Crippen LogP contribution in [0.25, 0.3) is 22.0 Å². The fourth-order valence-corrected chi connectivity index (χ4v) is 4.42. The summed E-state index contributed by atoms with van der Waals surface area (Å²) < 4.78 is 54.9. The largest absolute Gasteiger partial charge is 0.418 e. The summed E-state index contributed by atoms with van der Waals surface area (Å²) in [4.78, 5) is 4.27. The van der Waals surface area contributed by atoms with Crippen molar-refractivity contribution in [3.8, 4) is 11.1 Å². The molecule has 0 radical (unpaired) electrons. The second kappa shape index (κ2) is 9.82. The lowest BCUT2D eigenvalue weighted by molar-refractivity contribution is -0.136. The number of anilines is 1. The Kier molecular flexibility index (Phi) is 6.42. The van der Waals surface area contributed by atoms with Crippen LogP contribution in [0.3, 0.4) is 0 Å². The molecule has 0 spiro atoms. The van der Waals surface area contributed by atoms with E-state index in [4.69, 9.17) is 0 Å². The van der Waals surface area contributed by atoms with E-state index in [0.717, 1.165) is 34.0 Å². The topological polar surface area (TPSA) is 24.9 Å². The summed E-state index contributed by atoms with van der Waals surface area (Å²) in [6, 6.07) is 27.8. The van der Waals surface area contributed by atoms with Crippen molar-refractivity contribution in [2.45, 2.75) is 19.1 Å². The highest BCUT2D eigenvalue weighted by atomic mass is 19.4. The molecule has 0 aliphatic heterocycles. The molecule has 0 saturated heterocycles. The van der Waals surface area contributed by atoms with Crippen molar-refractivity contribution in [1.82, 2.24) is 4.98 Å². The Bertz CT molecular complexity index is 1510. The number of nitrogens with zero attached hydrogens (tertiary/aromatic N) is 1. The number of benzene rings is 4. The first kappa shape index (κ1) is 23.5. The normalized spacial score (nSPS) is 11.6. The number of aromatic nitrogens is 1. The van der Waals surface area contributed by atoms with E-state index in [-0.39, 0.29) is 11.3 Å². The van der Waals surface area contributed by atoms with E-state index in [1.165, 1.54) is 18.2 Å². The van der Waals surface area contributed by atoms with E-state index in [1.54, 1.807) is 18.3 Å². The van der Waals surface area contributed by atoms with Crippen LogP contribution in [-0.4, -0.2) is 4.98 Å².